The largest absolute Gasteiger partial charge is 0.321 e. The van der Waals surface area contributed by atoms with E-state index in [1.54, 1.807) is 27.7 Å². The summed E-state index contributed by atoms with van der Waals surface area (Å²) < 4.78 is 54.0. The average Bonchev–Trinajstić information content (AvgIpc) is 2.69. The Morgan fingerprint density at radius 2 is 1.65 bits per heavy atom. The first-order valence-electron chi connectivity index (χ1n) is 9.65. The Kier molecular flexibility index (Phi) is 8.23. The molecule has 0 fully saturated rings. The topological polar surface area (TPSA) is 113 Å². The molecule has 0 bridgehead atoms. The van der Waals surface area contributed by atoms with Gasteiger partial charge < -0.3 is 5.32 Å². The molecule has 0 spiro atoms. The van der Waals surface area contributed by atoms with Gasteiger partial charge >= 0.3 is 0 Å². The molecular formula is C20H26ClN3O5S2. The molecule has 0 heterocycles. The van der Waals surface area contributed by atoms with Crippen LogP contribution in [0.5, 0.6) is 0 Å². The normalized spacial score (nSPS) is 12.4. The van der Waals surface area contributed by atoms with E-state index in [1.165, 1.54) is 46.8 Å². The van der Waals surface area contributed by atoms with E-state index in [2.05, 4.69) is 10.0 Å². The number of carbonyl (C=O) groups is 1. The number of hydrogen-bond donors (Lipinski definition) is 2. The van der Waals surface area contributed by atoms with Crippen LogP contribution >= 0.6 is 11.6 Å². The van der Waals surface area contributed by atoms with Crippen molar-refractivity contribution in [2.45, 2.75) is 43.5 Å². The Labute approximate surface area is 188 Å². The molecule has 0 saturated heterocycles. The number of hydrogen-bond acceptors (Lipinski definition) is 5. The highest BCUT2D eigenvalue weighted by Gasteiger charge is 2.23. The van der Waals surface area contributed by atoms with Gasteiger partial charge in [0.15, 0.2) is 0 Å². The summed E-state index contributed by atoms with van der Waals surface area (Å²) in [7, 11) is -7.52. The number of sulfonamides is 2. The Morgan fingerprint density at radius 1 is 1.00 bits per heavy atom. The van der Waals surface area contributed by atoms with E-state index in [0.29, 0.717) is 13.1 Å². The van der Waals surface area contributed by atoms with Crippen LogP contribution in [-0.2, 0) is 20.0 Å². The van der Waals surface area contributed by atoms with Crippen LogP contribution < -0.4 is 10.0 Å². The number of anilines is 1. The predicted molar refractivity (Wildman–Crippen MR) is 121 cm³/mol. The fraction of sp³-hybridized carbons (Fsp3) is 0.350. The van der Waals surface area contributed by atoms with Gasteiger partial charge in [0.25, 0.3) is 5.91 Å². The van der Waals surface area contributed by atoms with Crippen molar-refractivity contribution in [3.8, 4) is 0 Å². The zero-order chi connectivity index (χ0) is 23.4. The molecule has 1 amide bonds. The van der Waals surface area contributed by atoms with Gasteiger partial charge in [-0.05, 0) is 50.2 Å². The summed E-state index contributed by atoms with van der Waals surface area (Å²) in [6, 6.07) is 9.26. The van der Waals surface area contributed by atoms with Crippen LogP contribution in [-0.4, -0.2) is 46.2 Å². The lowest BCUT2D eigenvalue weighted by Gasteiger charge is -2.19. The van der Waals surface area contributed by atoms with Gasteiger partial charge in [0.1, 0.15) is 0 Å². The summed E-state index contributed by atoms with van der Waals surface area (Å²) >= 11 is 6.16. The van der Waals surface area contributed by atoms with Gasteiger partial charge in [-0.3, -0.25) is 4.79 Å². The lowest BCUT2D eigenvalue weighted by molar-refractivity contribution is 0.102. The van der Waals surface area contributed by atoms with Crippen LogP contribution in [0.15, 0.2) is 52.3 Å². The van der Waals surface area contributed by atoms with E-state index < -0.39 is 26.0 Å². The SMILES string of the molecule is CCN(CC)S(=O)(=O)c1ccc(Cl)c(NC(=O)c2cccc(S(=O)(=O)NC(C)C)c2)c1. The molecule has 0 aromatic heterocycles. The number of amides is 1. The van der Waals surface area contributed by atoms with Gasteiger partial charge in [-0.15, -0.1) is 0 Å². The van der Waals surface area contributed by atoms with Crippen LogP contribution in [0.3, 0.4) is 0 Å². The van der Waals surface area contributed by atoms with Crippen molar-refractivity contribution < 1.29 is 21.6 Å². The van der Waals surface area contributed by atoms with Crippen LogP contribution in [0.2, 0.25) is 5.02 Å². The summed E-state index contributed by atoms with van der Waals surface area (Å²) in [5.41, 5.74) is 0.188. The highest BCUT2D eigenvalue weighted by Crippen LogP contribution is 2.27. The van der Waals surface area contributed by atoms with Crippen molar-refractivity contribution in [2.75, 3.05) is 18.4 Å². The Balaban J connectivity index is 2.36. The highest BCUT2D eigenvalue weighted by molar-refractivity contribution is 7.89. The predicted octanol–water partition coefficient (Wildman–Crippen LogP) is 3.31. The lowest BCUT2D eigenvalue weighted by atomic mass is 10.2. The highest BCUT2D eigenvalue weighted by atomic mass is 35.5. The quantitative estimate of drug-likeness (QED) is 0.563. The minimum absolute atomic E-state index is 0.00615. The van der Waals surface area contributed by atoms with E-state index >= 15 is 0 Å². The summed E-state index contributed by atoms with van der Waals surface area (Å²) in [5, 5.41) is 2.71. The first kappa shape index (κ1) is 25.3. The van der Waals surface area contributed by atoms with Crippen LogP contribution in [0.4, 0.5) is 5.69 Å². The molecule has 2 aromatic carbocycles. The molecule has 31 heavy (non-hydrogen) atoms. The molecule has 2 N–H and O–H groups in total. The molecule has 170 valence electrons. The molecule has 0 aliphatic heterocycles. The molecule has 0 saturated carbocycles. The van der Waals surface area contributed by atoms with Gasteiger partial charge in [0.2, 0.25) is 20.0 Å². The first-order valence-corrected chi connectivity index (χ1v) is 13.0. The van der Waals surface area contributed by atoms with Crippen molar-refractivity contribution in [1.29, 1.82) is 0 Å². The molecule has 0 atom stereocenters. The first-order chi connectivity index (χ1) is 14.4. The van der Waals surface area contributed by atoms with Crippen molar-refractivity contribution >= 4 is 43.2 Å². The minimum atomic E-state index is -3.78. The molecule has 0 aliphatic rings. The zero-order valence-corrected chi connectivity index (χ0v) is 20.1. The summed E-state index contributed by atoms with van der Waals surface area (Å²) in [6.07, 6.45) is 0. The lowest BCUT2D eigenvalue weighted by Crippen LogP contribution is -2.30. The van der Waals surface area contributed by atoms with E-state index in [1.807, 2.05) is 0 Å². The molecule has 0 aliphatic carbocycles. The fourth-order valence-electron chi connectivity index (χ4n) is 2.85. The Bertz CT molecular complexity index is 1160. The van der Waals surface area contributed by atoms with Gasteiger partial charge in [0, 0.05) is 24.7 Å². The van der Waals surface area contributed by atoms with Crippen LogP contribution in [0.25, 0.3) is 0 Å². The Morgan fingerprint density at radius 3 is 2.23 bits per heavy atom. The molecule has 8 nitrogen and oxygen atoms in total. The Hall–Kier alpha value is -1.98. The molecule has 2 aromatic rings. The third-order valence-corrected chi connectivity index (χ3v) is 8.36. The van der Waals surface area contributed by atoms with Crippen molar-refractivity contribution in [1.82, 2.24) is 9.03 Å². The van der Waals surface area contributed by atoms with Gasteiger partial charge in [-0.2, -0.15) is 4.31 Å². The van der Waals surface area contributed by atoms with Gasteiger partial charge in [-0.1, -0.05) is 31.5 Å². The second-order valence-corrected chi connectivity index (χ2v) is 11.0. The summed E-state index contributed by atoms with van der Waals surface area (Å²) in [6.45, 7) is 7.44. The fourth-order valence-corrected chi connectivity index (χ4v) is 5.80. The number of carbonyl (C=O) groups excluding carboxylic acids is 1. The molecule has 0 unspecified atom stereocenters. The van der Waals surface area contributed by atoms with Crippen LogP contribution in [0.1, 0.15) is 38.1 Å². The molecule has 2 rings (SSSR count). The van der Waals surface area contributed by atoms with E-state index in [-0.39, 0.29) is 32.1 Å². The van der Waals surface area contributed by atoms with Crippen molar-refractivity contribution in [3.05, 3.63) is 53.1 Å². The van der Waals surface area contributed by atoms with Gasteiger partial charge in [-0.25, -0.2) is 21.6 Å². The van der Waals surface area contributed by atoms with E-state index in [0.717, 1.165) is 0 Å². The second-order valence-electron chi connectivity index (χ2n) is 6.99. The monoisotopic (exact) mass is 487 g/mol. The molecule has 0 radical (unpaired) electrons. The smallest absolute Gasteiger partial charge is 0.255 e. The van der Waals surface area contributed by atoms with Crippen molar-refractivity contribution in [2.24, 2.45) is 0 Å². The van der Waals surface area contributed by atoms with Gasteiger partial charge in [0.05, 0.1) is 20.5 Å². The summed E-state index contributed by atoms with van der Waals surface area (Å²) in [5.74, 6) is -0.624. The number of rotatable bonds is 9. The molecule has 11 heteroatoms. The van der Waals surface area contributed by atoms with Crippen molar-refractivity contribution in [3.63, 3.8) is 0 Å². The third-order valence-electron chi connectivity index (χ3n) is 4.33. The minimum Gasteiger partial charge on any atom is -0.321 e. The number of benzene rings is 2. The number of nitrogens with one attached hydrogen (secondary N) is 2. The maximum absolute atomic E-state index is 12.8. The maximum atomic E-state index is 12.8. The maximum Gasteiger partial charge on any atom is 0.255 e. The van der Waals surface area contributed by atoms with Crippen LogP contribution in [0, 0.1) is 0 Å². The number of halogens is 1. The zero-order valence-electron chi connectivity index (χ0n) is 17.7. The van der Waals surface area contributed by atoms with E-state index in [4.69, 9.17) is 11.6 Å². The summed E-state index contributed by atoms with van der Waals surface area (Å²) in [4.78, 5) is 12.7. The molecular weight excluding hydrogens is 462 g/mol. The third kappa shape index (κ3) is 6.05. The van der Waals surface area contributed by atoms with E-state index in [9.17, 15) is 21.6 Å². The standard InChI is InChI=1S/C20H26ClN3O5S2/c1-5-24(6-2)31(28,29)17-10-11-18(21)19(13-17)22-20(25)15-8-7-9-16(12-15)30(26,27)23-14(3)4/h7-14,23H,5-6H2,1-4H3,(H,22,25). The number of nitrogens with zero attached hydrogens (tertiary/aromatic N) is 1. The average molecular weight is 488 g/mol. The second kappa shape index (κ2) is 10.1.